The molecule has 1 aromatic heterocycles. The first-order valence-electron chi connectivity index (χ1n) is 8.99. The number of esters is 1. The highest BCUT2D eigenvalue weighted by Crippen LogP contribution is 2.32. The number of carbonyl (C=O) groups excluding carboxylic acids is 1. The standard InChI is InChI=1S/C19H22N4O4/c1-25-17(24)14-3-2-4-15(13-14)21-18-20-8-5-16(22-18)23-9-6-19(7-10-23)26-11-12-27-19/h2-5,8,13H,6-7,9-12H2,1H3,(H,20,21,22). The van der Waals surface area contributed by atoms with Crippen LogP contribution in [0.2, 0.25) is 0 Å². The molecule has 8 nitrogen and oxygen atoms in total. The van der Waals surface area contributed by atoms with Gasteiger partial charge in [0.1, 0.15) is 5.82 Å². The Morgan fingerprint density at radius 1 is 1.22 bits per heavy atom. The van der Waals surface area contributed by atoms with Crippen molar-refractivity contribution in [2.24, 2.45) is 0 Å². The molecule has 0 radical (unpaired) electrons. The largest absolute Gasteiger partial charge is 0.465 e. The lowest BCUT2D eigenvalue weighted by Gasteiger charge is -2.38. The number of benzene rings is 1. The number of carbonyl (C=O) groups is 1. The maximum atomic E-state index is 11.7. The highest BCUT2D eigenvalue weighted by atomic mass is 16.7. The van der Waals surface area contributed by atoms with Crippen LogP contribution in [0.25, 0.3) is 0 Å². The van der Waals surface area contributed by atoms with Crippen LogP contribution in [0.15, 0.2) is 36.5 Å². The van der Waals surface area contributed by atoms with Crippen LogP contribution in [0.3, 0.4) is 0 Å². The van der Waals surface area contributed by atoms with Crippen LogP contribution in [0, 0.1) is 0 Å². The second-order valence-corrected chi connectivity index (χ2v) is 6.53. The molecule has 2 aromatic rings. The summed E-state index contributed by atoms with van der Waals surface area (Å²) < 4.78 is 16.3. The summed E-state index contributed by atoms with van der Waals surface area (Å²) in [6.07, 6.45) is 3.36. The third-order valence-electron chi connectivity index (χ3n) is 4.84. The van der Waals surface area contributed by atoms with E-state index >= 15 is 0 Å². The van der Waals surface area contributed by atoms with Crippen molar-refractivity contribution in [3.63, 3.8) is 0 Å². The van der Waals surface area contributed by atoms with Gasteiger partial charge in [-0.05, 0) is 24.3 Å². The van der Waals surface area contributed by atoms with E-state index in [2.05, 4.69) is 20.2 Å². The van der Waals surface area contributed by atoms with Crippen molar-refractivity contribution in [3.8, 4) is 0 Å². The molecule has 142 valence electrons. The fourth-order valence-corrected chi connectivity index (χ4v) is 3.42. The minimum atomic E-state index is -0.404. The Morgan fingerprint density at radius 2 is 2.00 bits per heavy atom. The minimum absolute atomic E-state index is 0.382. The maximum Gasteiger partial charge on any atom is 0.337 e. The fraction of sp³-hybridized carbons (Fsp3) is 0.421. The summed E-state index contributed by atoms with van der Waals surface area (Å²) in [6, 6.07) is 8.93. The van der Waals surface area contributed by atoms with E-state index < -0.39 is 5.79 Å². The number of rotatable bonds is 4. The summed E-state index contributed by atoms with van der Waals surface area (Å²) in [4.78, 5) is 22.8. The van der Waals surface area contributed by atoms with Crippen LogP contribution < -0.4 is 10.2 Å². The van der Waals surface area contributed by atoms with Gasteiger partial charge in [0.15, 0.2) is 5.79 Å². The molecule has 0 amide bonds. The van der Waals surface area contributed by atoms with Gasteiger partial charge in [0, 0.05) is 37.8 Å². The summed E-state index contributed by atoms with van der Waals surface area (Å²) in [5, 5.41) is 3.15. The SMILES string of the molecule is COC(=O)c1cccc(Nc2nccc(N3CCC4(CC3)OCCO4)n2)c1. The topological polar surface area (TPSA) is 85.8 Å². The van der Waals surface area contributed by atoms with Gasteiger partial charge in [-0.25, -0.2) is 9.78 Å². The monoisotopic (exact) mass is 370 g/mol. The molecule has 4 rings (SSSR count). The third kappa shape index (κ3) is 3.86. The van der Waals surface area contributed by atoms with Crippen molar-refractivity contribution in [1.29, 1.82) is 0 Å². The Kier molecular flexibility index (Phi) is 4.91. The fourth-order valence-electron chi connectivity index (χ4n) is 3.42. The van der Waals surface area contributed by atoms with Crippen LogP contribution in [0.5, 0.6) is 0 Å². The van der Waals surface area contributed by atoms with Crippen LogP contribution >= 0.6 is 0 Å². The maximum absolute atomic E-state index is 11.7. The Labute approximate surface area is 157 Å². The number of nitrogens with one attached hydrogen (secondary N) is 1. The van der Waals surface area contributed by atoms with E-state index in [-0.39, 0.29) is 5.97 Å². The minimum Gasteiger partial charge on any atom is -0.465 e. The zero-order chi connectivity index (χ0) is 18.7. The lowest BCUT2D eigenvalue weighted by atomic mass is 10.0. The van der Waals surface area contributed by atoms with Gasteiger partial charge in [0.25, 0.3) is 0 Å². The number of methoxy groups -OCH3 is 1. The molecule has 0 saturated carbocycles. The first-order chi connectivity index (χ1) is 13.2. The number of hydrogen-bond donors (Lipinski definition) is 1. The molecule has 0 aliphatic carbocycles. The number of hydrogen-bond acceptors (Lipinski definition) is 8. The van der Waals surface area contributed by atoms with Gasteiger partial charge < -0.3 is 24.4 Å². The van der Waals surface area contributed by atoms with E-state index in [1.807, 2.05) is 12.1 Å². The van der Waals surface area contributed by atoms with Crippen molar-refractivity contribution in [1.82, 2.24) is 9.97 Å². The number of anilines is 3. The molecule has 1 aromatic carbocycles. The molecule has 8 heteroatoms. The zero-order valence-electron chi connectivity index (χ0n) is 15.2. The summed E-state index contributed by atoms with van der Waals surface area (Å²) in [7, 11) is 1.36. The van der Waals surface area contributed by atoms with E-state index in [1.165, 1.54) is 7.11 Å². The predicted octanol–water partition coefficient (Wildman–Crippen LogP) is 2.35. The number of piperidine rings is 1. The van der Waals surface area contributed by atoms with Crippen molar-refractivity contribution in [2.45, 2.75) is 18.6 Å². The average molecular weight is 370 g/mol. The highest BCUT2D eigenvalue weighted by Gasteiger charge is 2.40. The molecule has 0 unspecified atom stereocenters. The molecule has 2 saturated heterocycles. The Morgan fingerprint density at radius 3 is 2.74 bits per heavy atom. The van der Waals surface area contributed by atoms with Crippen LogP contribution in [0.4, 0.5) is 17.5 Å². The van der Waals surface area contributed by atoms with E-state index in [0.717, 1.165) is 37.4 Å². The van der Waals surface area contributed by atoms with Gasteiger partial charge in [-0.3, -0.25) is 0 Å². The second-order valence-electron chi connectivity index (χ2n) is 6.53. The molecule has 1 N–H and O–H groups in total. The number of ether oxygens (including phenoxy) is 3. The summed E-state index contributed by atoms with van der Waals surface area (Å²) in [5.41, 5.74) is 1.19. The van der Waals surface area contributed by atoms with Crippen LogP contribution in [0.1, 0.15) is 23.2 Å². The zero-order valence-corrected chi connectivity index (χ0v) is 15.2. The van der Waals surface area contributed by atoms with Gasteiger partial charge in [-0.15, -0.1) is 0 Å². The van der Waals surface area contributed by atoms with Gasteiger partial charge in [0.2, 0.25) is 5.95 Å². The summed E-state index contributed by atoms with van der Waals surface area (Å²) >= 11 is 0. The van der Waals surface area contributed by atoms with Crippen LogP contribution in [-0.2, 0) is 14.2 Å². The van der Waals surface area contributed by atoms with Gasteiger partial charge in [-0.2, -0.15) is 4.98 Å². The molecule has 0 atom stereocenters. The van der Waals surface area contributed by atoms with E-state index in [0.29, 0.717) is 24.7 Å². The molecule has 27 heavy (non-hydrogen) atoms. The van der Waals surface area contributed by atoms with Gasteiger partial charge in [0.05, 0.1) is 25.9 Å². The molecule has 2 aliphatic rings. The van der Waals surface area contributed by atoms with Crippen molar-refractivity contribution in [2.75, 3.05) is 43.6 Å². The highest BCUT2D eigenvalue weighted by molar-refractivity contribution is 5.90. The first kappa shape index (κ1) is 17.7. The molecule has 2 fully saturated rings. The smallest absolute Gasteiger partial charge is 0.337 e. The number of aromatic nitrogens is 2. The quantitative estimate of drug-likeness (QED) is 0.821. The van der Waals surface area contributed by atoms with E-state index in [4.69, 9.17) is 14.2 Å². The summed E-state index contributed by atoms with van der Waals surface area (Å²) in [5.74, 6) is 0.540. The lowest BCUT2D eigenvalue weighted by molar-refractivity contribution is -0.169. The van der Waals surface area contributed by atoms with Crippen LogP contribution in [-0.4, -0.2) is 55.1 Å². The molecule has 1 spiro atoms. The predicted molar refractivity (Wildman–Crippen MR) is 99.2 cm³/mol. The van der Waals surface area contributed by atoms with Crippen molar-refractivity contribution in [3.05, 3.63) is 42.1 Å². The van der Waals surface area contributed by atoms with Gasteiger partial charge >= 0.3 is 5.97 Å². The Bertz CT molecular complexity index is 813. The van der Waals surface area contributed by atoms with E-state index in [9.17, 15) is 4.79 Å². The van der Waals surface area contributed by atoms with Crippen molar-refractivity contribution >= 4 is 23.4 Å². The van der Waals surface area contributed by atoms with Gasteiger partial charge in [-0.1, -0.05) is 6.07 Å². The normalized spacial score (nSPS) is 18.5. The molecular formula is C19H22N4O4. The van der Waals surface area contributed by atoms with Crippen molar-refractivity contribution < 1.29 is 19.0 Å². The average Bonchev–Trinajstić information content (AvgIpc) is 3.16. The molecule has 0 bridgehead atoms. The number of nitrogens with zero attached hydrogens (tertiary/aromatic N) is 3. The Balaban J connectivity index is 1.45. The van der Waals surface area contributed by atoms with E-state index in [1.54, 1.807) is 24.4 Å². The lowest BCUT2D eigenvalue weighted by Crippen LogP contribution is -2.45. The molecule has 3 heterocycles. The first-order valence-corrected chi connectivity index (χ1v) is 8.99. The second kappa shape index (κ2) is 7.50. The summed E-state index contributed by atoms with van der Waals surface area (Å²) in [6.45, 7) is 2.97. The Hall–Kier alpha value is -2.71. The third-order valence-corrected chi connectivity index (χ3v) is 4.84. The molecule has 2 aliphatic heterocycles. The molecular weight excluding hydrogens is 348 g/mol.